The number of amides is 1. The topological polar surface area (TPSA) is 81.7 Å². The molecule has 28 heavy (non-hydrogen) atoms. The molecule has 0 spiro atoms. The van der Waals surface area contributed by atoms with E-state index in [1.807, 2.05) is 43.3 Å². The van der Waals surface area contributed by atoms with Gasteiger partial charge in [0.15, 0.2) is 0 Å². The van der Waals surface area contributed by atoms with Crippen LogP contribution in [-0.4, -0.2) is 6.09 Å². The van der Waals surface area contributed by atoms with Crippen molar-refractivity contribution >= 4 is 22.7 Å². The van der Waals surface area contributed by atoms with E-state index in [9.17, 15) is 9.59 Å². The van der Waals surface area contributed by atoms with Crippen LogP contribution in [0, 0.1) is 6.92 Å². The number of fused-ring (bicyclic) bond motifs is 1. The summed E-state index contributed by atoms with van der Waals surface area (Å²) in [7, 11) is 0. The van der Waals surface area contributed by atoms with Gasteiger partial charge in [-0.25, -0.2) is 9.59 Å². The second kappa shape index (κ2) is 7.44. The van der Waals surface area contributed by atoms with Gasteiger partial charge in [-0.2, -0.15) is 0 Å². The minimum absolute atomic E-state index is 0.131. The molecule has 4 rings (SSSR count). The number of rotatable bonds is 4. The molecule has 0 saturated carbocycles. The lowest BCUT2D eigenvalue weighted by Gasteiger charge is -2.08. The number of hydrogen-bond donors (Lipinski definition) is 1. The van der Waals surface area contributed by atoms with Crippen LogP contribution < -0.4 is 10.9 Å². The quantitative estimate of drug-likeness (QED) is 0.501. The average molecular weight is 375 g/mol. The van der Waals surface area contributed by atoms with Gasteiger partial charge in [0.1, 0.15) is 18.0 Å². The van der Waals surface area contributed by atoms with Gasteiger partial charge in [0.25, 0.3) is 0 Å². The number of nitrogens with one attached hydrogen (secondary N) is 1. The molecule has 0 atom stereocenters. The molecule has 1 N–H and O–H groups in total. The largest absolute Gasteiger partial charge is 0.464 e. The molecule has 0 aliphatic rings. The molecule has 0 radical (unpaired) electrons. The zero-order valence-electron chi connectivity index (χ0n) is 15.1. The first-order valence-corrected chi connectivity index (χ1v) is 8.69. The Hall–Kier alpha value is -3.80. The third-order valence-electron chi connectivity index (χ3n) is 4.33. The SMILES string of the molecule is Cc1cc(=O)oc2cc(NC(=O)OCc3ccc(-c4ccco4)cc3)ccc12. The number of aryl methyl sites for hydroxylation is 1. The minimum atomic E-state index is -0.593. The molecule has 2 aromatic heterocycles. The highest BCUT2D eigenvalue weighted by Crippen LogP contribution is 2.22. The highest BCUT2D eigenvalue weighted by Gasteiger charge is 2.08. The molecular formula is C22H17NO5. The lowest BCUT2D eigenvalue weighted by atomic mass is 10.1. The van der Waals surface area contributed by atoms with Crippen molar-refractivity contribution in [2.75, 3.05) is 5.32 Å². The molecule has 2 aromatic carbocycles. The normalized spacial score (nSPS) is 10.8. The van der Waals surface area contributed by atoms with Gasteiger partial charge < -0.3 is 13.6 Å². The summed E-state index contributed by atoms with van der Waals surface area (Å²) in [5.41, 5.74) is 3.09. The van der Waals surface area contributed by atoms with E-state index in [0.717, 1.165) is 27.8 Å². The summed E-state index contributed by atoms with van der Waals surface area (Å²) < 4.78 is 15.8. The highest BCUT2D eigenvalue weighted by molar-refractivity contribution is 5.89. The van der Waals surface area contributed by atoms with Crippen LogP contribution in [0.1, 0.15) is 11.1 Å². The van der Waals surface area contributed by atoms with E-state index in [2.05, 4.69) is 5.32 Å². The summed E-state index contributed by atoms with van der Waals surface area (Å²) in [5, 5.41) is 3.45. The predicted octanol–water partition coefficient (Wildman–Crippen LogP) is 5.11. The van der Waals surface area contributed by atoms with Gasteiger partial charge >= 0.3 is 11.7 Å². The molecule has 4 aromatic rings. The predicted molar refractivity (Wildman–Crippen MR) is 105 cm³/mol. The Morgan fingerprint density at radius 2 is 1.89 bits per heavy atom. The molecule has 0 unspecified atom stereocenters. The summed E-state index contributed by atoms with van der Waals surface area (Å²) in [4.78, 5) is 23.6. The van der Waals surface area contributed by atoms with Crippen LogP contribution in [0.5, 0.6) is 0 Å². The van der Waals surface area contributed by atoms with Crippen molar-refractivity contribution in [3.63, 3.8) is 0 Å². The number of anilines is 1. The second-order valence-corrected chi connectivity index (χ2v) is 6.33. The Balaban J connectivity index is 1.39. The van der Waals surface area contributed by atoms with E-state index in [4.69, 9.17) is 13.6 Å². The number of ether oxygens (including phenoxy) is 1. The Kier molecular flexibility index (Phi) is 4.68. The summed E-state index contributed by atoms with van der Waals surface area (Å²) in [6.07, 6.45) is 1.03. The van der Waals surface area contributed by atoms with Crippen molar-refractivity contribution in [2.24, 2.45) is 0 Å². The van der Waals surface area contributed by atoms with Gasteiger partial charge in [0.2, 0.25) is 0 Å². The first-order valence-electron chi connectivity index (χ1n) is 8.69. The van der Waals surface area contributed by atoms with E-state index in [1.165, 1.54) is 6.07 Å². The van der Waals surface area contributed by atoms with E-state index in [-0.39, 0.29) is 6.61 Å². The van der Waals surface area contributed by atoms with Crippen LogP contribution in [0.3, 0.4) is 0 Å². The van der Waals surface area contributed by atoms with Gasteiger partial charge in [-0.15, -0.1) is 0 Å². The van der Waals surface area contributed by atoms with Crippen LogP contribution in [0.15, 0.2) is 80.6 Å². The first-order chi connectivity index (χ1) is 13.6. The molecule has 1 amide bonds. The van der Waals surface area contributed by atoms with Crippen LogP contribution in [0.2, 0.25) is 0 Å². The van der Waals surface area contributed by atoms with Crippen molar-refractivity contribution < 1.29 is 18.4 Å². The number of furan rings is 1. The maximum atomic E-state index is 12.1. The Morgan fingerprint density at radius 1 is 1.07 bits per heavy atom. The van der Waals surface area contributed by atoms with E-state index >= 15 is 0 Å². The molecule has 2 heterocycles. The van der Waals surface area contributed by atoms with Crippen molar-refractivity contribution in [1.29, 1.82) is 0 Å². The van der Waals surface area contributed by atoms with Crippen molar-refractivity contribution in [2.45, 2.75) is 13.5 Å². The van der Waals surface area contributed by atoms with Crippen LogP contribution in [0.4, 0.5) is 10.5 Å². The Labute approximate surface area is 160 Å². The first kappa shape index (κ1) is 17.6. The Morgan fingerprint density at radius 3 is 2.64 bits per heavy atom. The third-order valence-corrected chi connectivity index (χ3v) is 4.33. The zero-order valence-corrected chi connectivity index (χ0v) is 15.1. The molecule has 0 bridgehead atoms. The van der Waals surface area contributed by atoms with Gasteiger partial charge in [0, 0.05) is 28.8 Å². The number of benzene rings is 2. The van der Waals surface area contributed by atoms with Crippen molar-refractivity contribution in [3.05, 3.63) is 88.5 Å². The maximum Gasteiger partial charge on any atom is 0.411 e. The molecule has 6 heteroatoms. The zero-order chi connectivity index (χ0) is 19.5. The third kappa shape index (κ3) is 3.81. The van der Waals surface area contributed by atoms with Crippen LogP contribution in [-0.2, 0) is 11.3 Å². The number of carbonyl (C=O) groups is 1. The molecular weight excluding hydrogens is 358 g/mol. The van der Waals surface area contributed by atoms with Crippen molar-refractivity contribution in [1.82, 2.24) is 0 Å². The summed E-state index contributed by atoms with van der Waals surface area (Å²) in [5.74, 6) is 0.781. The minimum Gasteiger partial charge on any atom is -0.464 e. The van der Waals surface area contributed by atoms with E-state index in [0.29, 0.717) is 11.3 Å². The standard InChI is InChI=1S/C22H17NO5/c1-14-11-21(24)28-20-12-17(8-9-18(14)20)23-22(25)27-13-15-4-6-16(7-5-15)19-3-2-10-26-19/h2-12H,13H2,1H3,(H,23,25). The van der Waals surface area contributed by atoms with Crippen LogP contribution >= 0.6 is 0 Å². The molecule has 0 saturated heterocycles. The fourth-order valence-corrected chi connectivity index (χ4v) is 2.91. The fraction of sp³-hybridized carbons (Fsp3) is 0.0909. The highest BCUT2D eigenvalue weighted by atomic mass is 16.5. The second-order valence-electron chi connectivity index (χ2n) is 6.33. The van der Waals surface area contributed by atoms with E-state index in [1.54, 1.807) is 24.5 Å². The van der Waals surface area contributed by atoms with Gasteiger partial charge in [-0.05, 0) is 42.3 Å². The summed E-state index contributed by atoms with van der Waals surface area (Å²) in [6, 6.07) is 17.8. The Bertz CT molecular complexity index is 1170. The molecule has 6 nitrogen and oxygen atoms in total. The van der Waals surface area contributed by atoms with Gasteiger partial charge in [-0.1, -0.05) is 24.3 Å². The number of carbonyl (C=O) groups excluding carboxylic acids is 1. The monoisotopic (exact) mass is 375 g/mol. The maximum absolute atomic E-state index is 12.1. The lowest BCUT2D eigenvalue weighted by Crippen LogP contribution is -2.13. The van der Waals surface area contributed by atoms with Gasteiger partial charge in [0.05, 0.1) is 6.26 Å². The van der Waals surface area contributed by atoms with E-state index < -0.39 is 11.7 Å². The number of hydrogen-bond acceptors (Lipinski definition) is 5. The van der Waals surface area contributed by atoms with Crippen molar-refractivity contribution in [3.8, 4) is 11.3 Å². The molecule has 0 fully saturated rings. The van der Waals surface area contributed by atoms with Gasteiger partial charge in [-0.3, -0.25) is 5.32 Å². The molecule has 0 aliphatic carbocycles. The summed E-state index contributed by atoms with van der Waals surface area (Å²) in [6.45, 7) is 1.96. The molecule has 140 valence electrons. The lowest BCUT2D eigenvalue weighted by molar-refractivity contribution is 0.155. The van der Waals surface area contributed by atoms with Crippen LogP contribution in [0.25, 0.3) is 22.3 Å². The smallest absolute Gasteiger partial charge is 0.411 e. The summed E-state index contributed by atoms with van der Waals surface area (Å²) >= 11 is 0. The molecule has 0 aliphatic heterocycles. The fourth-order valence-electron chi connectivity index (χ4n) is 2.91. The average Bonchev–Trinajstić information content (AvgIpc) is 3.21.